The highest BCUT2D eigenvalue weighted by Gasteiger charge is 2.14. The van der Waals surface area contributed by atoms with E-state index < -0.39 is 0 Å². The number of anilines is 2. The maximum absolute atomic E-state index is 13.3. The second-order valence-corrected chi connectivity index (χ2v) is 6.39. The standard InChI is InChI=1S/C17H14FN7S/c18-10-5-7-11(8-6-10)25-13-4-2-1-3-12(13)21-17(25)26-9-14-22-15(19)24-16(20)23-14/h1-8H,9H2,(H4,19,20,22,23,24). The lowest BCUT2D eigenvalue weighted by Gasteiger charge is -2.09. The molecule has 0 saturated heterocycles. The van der Waals surface area contributed by atoms with Gasteiger partial charge in [0.05, 0.1) is 16.8 Å². The van der Waals surface area contributed by atoms with Gasteiger partial charge in [0.1, 0.15) is 11.6 Å². The summed E-state index contributed by atoms with van der Waals surface area (Å²) in [5.74, 6) is 0.767. The summed E-state index contributed by atoms with van der Waals surface area (Å²) in [5.41, 5.74) is 13.8. The SMILES string of the molecule is Nc1nc(N)nc(CSc2nc3ccccc3n2-c2ccc(F)cc2)n1. The Morgan fingerprint density at radius 2 is 1.58 bits per heavy atom. The number of nitrogens with two attached hydrogens (primary N) is 2. The van der Waals surface area contributed by atoms with Crippen molar-refractivity contribution in [2.24, 2.45) is 0 Å². The Morgan fingerprint density at radius 3 is 2.31 bits per heavy atom. The van der Waals surface area contributed by atoms with E-state index in [0.29, 0.717) is 11.6 Å². The molecule has 2 aromatic carbocycles. The molecule has 0 saturated carbocycles. The molecule has 0 fully saturated rings. The maximum atomic E-state index is 13.3. The van der Waals surface area contributed by atoms with Crippen LogP contribution >= 0.6 is 11.8 Å². The highest BCUT2D eigenvalue weighted by molar-refractivity contribution is 7.98. The molecular weight excluding hydrogens is 353 g/mol. The van der Waals surface area contributed by atoms with Crippen LogP contribution in [-0.4, -0.2) is 24.5 Å². The molecule has 0 amide bonds. The van der Waals surface area contributed by atoms with E-state index >= 15 is 0 Å². The van der Waals surface area contributed by atoms with Gasteiger partial charge in [0.2, 0.25) is 11.9 Å². The maximum Gasteiger partial charge on any atom is 0.225 e. The summed E-state index contributed by atoms with van der Waals surface area (Å²) in [6, 6.07) is 14.0. The van der Waals surface area contributed by atoms with Crippen LogP contribution in [0.5, 0.6) is 0 Å². The zero-order valence-electron chi connectivity index (χ0n) is 13.5. The second-order valence-electron chi connectivity index (χ2n) is 5.45. The highest BCUT2D eigenvalue weighted by atomic mass is 32.2. The first-order valence-electron chi connectivity index (χ1n) is 7.72. The van der Waals surface area contributed by atoms with Crippen molar-refractivity contribution in [3.63, 3.8) is 0 Å². The Morgan fingerprint density at radius 1 is 0.885 bits per heavy atom. The number of imidazole rings is 1. The number of para-hydroxylation sites is 2. The van der Waals surface area contributed by atoms with E-state index in [1.54, 1.807) is 12.1 Å². The molecule has 26 heavy (non-hydrogen) atoms. The predicted molar refractivity (Wildman–Crippen MR) is 99.2 cm³/mol. The first kappa shape index (κ1) is 16.3. The Kier molecular flexibility index (Phi) is 4.13. The van der Waals surface area contributed by atoms with Gasteiger partial charge < -0.3 is 11.5 Å². The van der Waals surface area contributed by atoms with Crippen molar-refractivity contribution in [3.05, 3.63) is 60.2 Å². The number of benzene rings is 2. The molecule has 0 aliphatic carbocycles. The fraction of sp³-hybridized carbons (Fsp3) is 0.0588. The zero-order valence-corrected chi connectivity index (χ0v) is 14.3. The Labute approximate surface area is 152 Å². The van der Waals surface area contributed by atoms with Crippen molar-refractivity contribution in [3.8, 4) is 5.69 Å². The largest absolute Gasteiger partial charge is 0.368 e. The van der Waals surface area contributed by atoms with Crippen LogP contribution in [0.4, 0.5) is 16.3 Å². The van der Waals surface area contributed by atoms with E-state index in [1.165, 1.54) is 23.9 Å². The Balaban J connectivity index is 1.74. The average Bonchev–Trinajstić information content (AvgIpc) is 2.98. The summed E-state index contributed by atoms with van der Waals surface area (Å²) in [6.45, 7) is 0. The van der Waals surface area contributed by atoms with Gasteiger partial charge in [0.15, 0.2) is 5.16 Å². The summed E-state index contributed by atoms with van der Waals surface area (Å²) in [4.78, 5) is 16.6. The van der Waals surface area contributed by atoms with Crippen molar-refractivity contribution >= 4 is 34.7 Å². The molecule has 0 atom stereocenters. The van der Waals surface area contributed by atoms with Crippen LogP contribution in [0.1, 0.15) is 5.82 Å². The molecule has 7 nitrogen and oxygen atoms in total. The third-order valence-corrected chi connectivity index (χ3v) is 4.60. The average molecular weight is 367 g/mol. The van der Waals surface area contributed by atoms with E-state index in [2.05, 4.69) is 19.9 Å². The molecule has 130 valence electrons. The van der Waals surface area contributed by atoms with Crippen LogP contribution in [0.25, 0.3) is 16.7 Å². The molecule has 4 rings (SSSR count). The number of hydrogen-bond donors (Lipinski definition) is 2. The highest BCUT2D eigenvalue weighted by Crippen LogP contribution is 2.29. The summed E-state index contributed by atoms with van der Waals surface area (Å²) in [5, 5.41) is 0.732. The predicted octanol–water partition coefficient (Wildman–Crippen LogP) is 2.81. The molecule has 9 heteroatoms. The minimum Gasteiger partial charge on any atom is -0.368 e. The molecule has 0 bridgehead atoms. The van der Waals surface area contributed by atoms with Gasteiger partial charge in [-0.3, -0.25) is 4.57 Å². The number of halogens is 1. The summed E-state index contributed by atoms with van der Waals surface area (Å²) in [7, 11) is 0. The zero-order chi connectivity index (χ0) is 18.1. The van der Waals surface area contributed by atoms with E-state index in [4.69, 9.17) is 11.5 Å². The monoisotopic (exact) mass is 367 g/mol. The van der Waals surface area contributed by atoms with Crippen LogP contribution in [0.3, 0.4) is 0 Å². The lowest BCUT2D eigenvalue weighted by molar-refractivity contribution is 0.627. The minimum atomic E-state index is -0.288. The Bertz CT molecular complexity index is 1060. The van der Waals surface area contributed by atoms with Gasteiger partial charge in [-0.05, 0) is 36.4 Å². The molecule has 0 radical (unpaired) electrons. The van der Waals surface area contributed by atoms with E-state index in [-0.39, 0.29) is 17.7 Å². The summed E-state index contributed by atoms with van der Waals surface area (Å²) in [6.07, 6.45) is 0. The third kappa shape index (κ3) is 3.16. The first-order chi connectivity index (χ1) is 12.6. The molecule has 0 aliphatic rings. The van der Waals surface area contributed by atoms with E-state index in [0.717, 1.165) is 21.9 Å². The minimum absolute atomic E-state index is 0.0835. The van der Waals surface area contributed by atoms with Gasteiger partial charge in [0.25, 0.3) is 0 Å². The molecular formula is C17H14FN7S. The van der Waals surface area contributed by atoms with Gasteiger partial charge in [-0.15, -0.1) is 0 Å². The summed E-state index contributed by atoms with van der Waals surface area (Å²) >= 11 is 1.44. The molecule has 0 unspecified atom stereocenters. The fourth-order valence-electron chi connectivity index (χ4n) is 2.59. The molecule has 0 spiro atoms. The number of aromatic nitrogens is 5. The normalized spacial score (nSPS) is 11.1. The number of rotatable bonds is 4. The number of hydrogen-bond acceptors (Lipinski definition) is 7. The van der Waals surface area contributed by atoms with Gasteiger partial charge in [-0.25, -0.2) is 9.37 Å². The van der Waals surface area contributed by atoms with Crippen LogP contribution in [-0.2, 0) is 5.75 Å². The van der Waals surface area contributed by atoms with E-state index in [9.17, 15) is 4.39 Å². The van der Waals surface area contributed by atoms with Crippen LogP contribution < -0.4 is 11.5 Å². The van der Waals surface area contributed by atoms with Crippen molar-refractivity contribution in [2.45, 2.75) is 10.9 Å². The Hall–Kier alpha value is -3.20. The van der Waals surface area contributed by atoms with Crippen LogP contribution in [0.15, 0.2) is 53.7 Å². The first-order valence-corrected chi connectivity index (χ1v) is 8.71. The number of nitrogens with zero attached hydrogens (tertiary/aromatic N) is 5. The molecule has 0 aliphatic heterocycles. The van der Waals surface area contributed by atoms with Gasteiger partial charge in [-0.2, -0.15) is 15.0 Å². The van der Waals surface area contributed by atoms with Crippen molar-refractivity contribution < 1.29 is 4.39 Å². The lowest BCUT2D eigenvalue weighted by Crippen LogP contribution is -2.06. The molecule has 2 aromatic heterocycles. The van der Waals surface area contributed by atoms with Crippen LogP contribution in [0, 0.1) is 5.82 Å². The quantitative estimate of drug-likeness (QED) is 0.534. The molecule has 2 heterocycles. The molecule has 4 aromatic rings. The van der Waals surface area contributed by atoms with Gasteiger partial charge in [-0.1, -0.05) is 23.9 Å². The molecule has 4 N–H and O–H groups in total. The summed E-state index contributed by atoms with van der Waals surface area (Å²) < 4.78 is 15.3. The van der Waals surface area contributed by atoms with Crippen molar-refractivity contribution in [2.75, 3.05) is 11.5 Å². The van der Waals surface area contributed by atoms with E-state index in [1.807, 2.05) is 28.8 Å². The smallest absolute Gasteiger partial charge is 0.225 e. The number of fused-ring (bicyclic) bond motifs is 1. The van der Waals surface area contributed by atoms with Crippen LogP contribution in [0.2, 0.25) is 0 Å². The fourth-order valence-corrected chi connectivity index (χ4v) is 3.47. The van der Waals surface area contributed by atoms with Crippen molar-refractivity contribution in [1.82, 2.24) is 24.5 Å². The number of nitrogen functional groups attached to an aromatic ring is 2. The van der Waals surface area contributed by atoms with Crippen molar-refractivity contribution in [1.29, 1.82) is 0 Å². The lowest BCUT2D eigenvalue weighted by atomic mass is 10.3. The van der Waals surface area contributed by atoms with Gasteiger partial charge >= 0.3 is 0 Å². The van der Waals surface area contributed by atoms with Gasteiger partial charge in [0, 0.05) is 5.69 Å². The third-order valence-electron chi connectivity index (χ3n) is 3.66. The topological polar surface area (TPSA) is 109 Å². The number of thioether (sulfide) groups is 1. The second kappa shape index (κ2) is 6.60.